The molecule has 0 aliphatic rings. The first-order valence-corrected chi connectivity index (χ1v) is 8.18. The fourth-order valence-electron chi connectivity index (χ4n) is 2.37. The number of carbonyl (C=O) groups excluding carboxylic acids is 1. The van der Waals surface area contributed by atoms with Crippen LogP contribution in [0.1, 0.15) is 31.6 Å². The quantitative estimate of drug-likeness (QED) is 0.676. The second kappa shape index (κ2) is 6.52. The van der Waals surface area contributed by atoms with Gasteiger partial charge < -0.3 is 4.74 Å². The Morgan fingerprint density at radius 1 is 1.25 bits per heavy atom. The average Bonchev–Trinajstić information content (AvgIpc) is 3.08. The first-order valence-electron chi connectivity index (χ1n) is 7.36. The van der Waals surface area contributed by atoms with E-state index in [0.717, 1.165) is 15.6 Å². The van der Waals surface area contributed by atoms with Crippen LogP contribution in [-0.4, -0.2) is 20.7 Å². The van der Waals surface area contributed by atoms with E-state index in [1.807, 2.05) is 13.8 Å². The van der Waals surface area contributed by atoms with Crippen LogP contribution < -0.4 is 0 Å². The number of ether oxygens (including phenoxy) is 1. The first kappa shape index (κ1) is 16.3. The summed E-state index contributed by atoms with van der Waals surface area (Å²) in [5.74, 6) is -0.760. The fraction of sp³-hybridized carbons (Fsp3) is 0.235. The van der Waals surface area contributed by atoms with Crippen LogP contribution in [0, 0.1) is 26.6 Å². The Bertz CT molecular complexity index is 884. The molecule has 0 atom stereocenters. The second-order valence-corrected chi connectivity index (χ2v) is 6.64. The van der Waals surface area contributed by atoms with Crippen LogP contribution >= 0.6 is 11.3 Å². The minimum absolute atomic E-state index is 0.192. The van der Waals surface area contributed by atoms with Crippen molar-refractivity contribution in [2.75, 3.05) is 0 Å². The summed E-state index contributed by atoms with van der Waals surface area (Å²) < 4.78 is 20.0. The molecule has 0 bridgehead atoms. The third-order valence-electron chi connectivity index (χ3n) is 3.63. The largest absolute Gasteiger partial charge is 0.456 e. The molecule has 0 spiro atoms. The Morgan fingerprint density at radius 3 is 2.58 bits per heavy atom. The predicted octanol–water partition coefficient (Wildman–Crippen LogP) is 3.75. The van der Waals surface area contributed by atoms with E-state index < -0.39 is 5.97 Å². The van der Waals surface area contributed by atoms with E-state index in [0.29, 0.717) is 16.9 Å². The van der Waals surface area contributed by atoms with E-state index in [-0.39, 0.29) is 12.4 Å². The molecule has 3 rings (SSSR count). The molecule has 0 fully saturated rings. The molecule has 7 heteroatoms. The summed E-state index contributed by atoms with van der Waals surface area (Å²) in [5.41, 5.74) is 2.59. The van der Waals surface area contributed by atoms with Crippen molar-refractivity contribution >= 4 is 17.3 Å². The molecule has 0 saturated heterocycles. The molecular weight excluding hydrogens is 329 g/mol. The molecule has 0 radical (unpaired) electrons. The van der Waals surface area contributed by atoms with E-state index in [1.54, 1.807) is 23.7 Å². The van der Waals surface area contributed by atoms with Gasteiger partial charge in [0, 0.05) is 0 Å². The van der Waals surface area contributed by atoms with Gasteiger partial charge in [0.25, 0.3) is 0 Å². The van der Waals surface area contributed by atoms with Crippen molar-refractivity contribution in [1.82, 2.24) is 14.8 Å². The SMILES string of the molecule is Cc1nc(C)c(COC(=O)c2cnn(-c3ccc(F)cc3)c2C)s1. The molecular formula is C17H16FN3O2S. The summed E-state index contributed by atoms with van der Waals surface area (Å²) in [7, 11) is 0. The number of benzene rings is 1. The molecule has 0 saturated carbocycles. The topological polar surface area (TPSA) is 57.0 Å². The van der Waals surface area contributed by atoms with Crippen LogP contribution in [-0.2, 0) is 11.3 Å². The maximum Gasteiger partial charge on any atom is 0.342 e. The van der Waals surface area contributed by atoms with Crippen LogP contribution in [0.25, 0.3) is 5.69 Å². The monoisotopic (exact) mass is 345 g/mol. The van der Waals surface area contributed by atoms with Gasteiger partial charge in [-0.1, -0.05) is 0 Å². The van der Waals surface area contributed by atoms with Gasteiger partial charge in [-0.3, -0.25) is 0 Å². The lowest BCUT2D eigenvalue weighted by Crippen LogP contribution is -2.07. The zero-order chi connectivity index (χ0) is 17.3. The number of rotatable bonds is 4. The molecule has 24 heavy (non-hydrogen) atoms. The lowest BCUT2D eigenvalue weighted by Gasteiger charge is -2.06. The Kier molecular flexibility index (Phi) is 4.44. The number of nitrogens with zero attached hydrogens (tertiary/aromatic N) is 3. The number of hydrogen-bond acceptors (Lipinski definition) is 5. The molecule has 5 nitrogen and oxygen atoms in total. The third-order valence-corrected chi connectivity index (χ3v) is 4.68. The molecule has 0 unspecified atom stereocenters. The standard InChI is InChI=1S/C17H16FN3O2S/c1-10-16(24-12(3)20-10)9-23-17(22)15-8-19-21(11(15)2)14-6-4-13(18)5-7-14/h4-8H,9H2,1-3H3. The number of hydrogen-bond donors (Lipinski definition) is 0. The molecule has 0 aliphatic heterocycles. The minimum Gasteiger partial charge on any atom is -0.456 e. The maximum atomic E-state index is 13.0. The van der Waals surface area contributed by atoms with Gasteiger partial charge in [-0.25, -0.2) is 18.9 Å². The number of thiazole rings is 1. The minimum atomic E-state index is -0.439. The fourth-order valence-corrected chi connectivity index (χ4v) is 3.22. The highest BCUT2D eigenvalue weighted by Crippen LogP contribution is 2.20. The summed E-state index contributed by atoms with van der Waals surface area (Å²) in [6.45, 7) is 5.77. The predicted molar refractivity (Wildman–Crippen MR) is 89.0 cm³/mol. The van der Waals surface area contributed by atoms with E-state index in [1.165, 1.54) is 29.7 Å². The maximum absolute atomic E-state index is 13.0. The Balaban J connectivity index is 1.76. The summed E-state index contributed by atoms with van der Waals surface area (Å²) in [4.78, 5) is 17.5. The van der Waals surface area contributed by atoms with E-state index in [2.05, 4.69) is 10.1 Å². The van der Waals surface area contributed by atoms with Gasteiger partial charge in [0.05, 0.1) is 33.2 Å². The highest BCUT2D eigenvalue weighted by molar-refractivity contribution is 7.11. The van der Waals surface area contributed by atoms with Crippen molar-refractivity contribution in [1.29, 1.82) is 0 Å². The number of halogens is 1. The number of esters is 1. The highest BCUT2D eigenvalue weighted by Gasteiger charge is 2.17. The summed E-state index contributed by atoms with van der Waals surface area (Å²) in [5, 5.41) is 5.14. The van der Waals surface area contributed by atoms with Crippen molar-refractivity contribution in [3.05, 3.63) is 63.1 Å². The Morgan fingerprint density at radius 2 is 1.96 bits per heavy atom. The Labute approximate surface area is 142 Å². The highest BCUT2D eigenvalue weighted by atomic mass is 32.1. The molecule has 124 valence electrons. The van der Waals surface area contributed by atoms with Gasteiger partial charge in [0.2, 0.25) is 0 Å². The van der Waals surface area contributed by atoms with Crippen molar-refractivity contribution < 1.29 is 13.9 Å². The van der Waals surface area contributed by atoms with Crippen LogP contribution in [0.15, 0.2) is 30.5 Å². The summed E-state index contributed by atoms with van der Waals surface area (Å²) in [6, 6.07) is 5.91. The zero-order valence-corrected chi connectivity index (χ0v) is 14.4. The summed E-state index contributed by atoms with van der Waals surface area (Å²) >= 11 is 1.51. The third kappa shape index (κ3) is 3.21. The Hall–Kier alpha value is -2.54. The normalized spacial score (nSPS) is 10.8. The first-order chi connectivity index (χ1) is 11.5. The van der Waals surface area contributed by atoms with Gasteiger partial charge in [-0.05, 0) is 45.0 Å². The molecule has 2 aromatic heterocycles. The number of aryl methyl sites for hydroxylation is 2. The second-order valence-electron chi connectivity index (χ2n) is 5.35. The molecule has 0 N–H and O–H groups in total. The van der Waals surface area contributed by atoms with Crippen molar-refractivity contribution in [2.45, 2.75) is 27.4 Å². The van der Waals surface area contributed by atoms with Crippen molar-refractivity contribution in [2.24, 2.45) is 0 Å². The van der Waals surface area contributed by atoms with Gasteiger partial charge in [0.15, 0.2) is 0 Å². The van der Waals surface area contributed by atoms with Crippen molar-refractivity contribution in [3.63, 3.8) is 0 Å². The smallest absolute Gasteiger partial charge is 0.342 e. The van der Waals surface area contributed by atoms with Crippen LogP contribution in [0.4, 0.5) is 4.39 Å². The van der Waals surface area contributed by atoms with E-state index in [4.69, 9.17) is 4.74 Å². The molecule has 0 aliphatic carbocycles. The van der Waals surface area contributed by atoms with Crippen LogP contribution in [0.2, 0.25) is 0 Å². The van der Waals surface area contributed by atoms with Gasteiger partial charge in [-0.2, -0.15) is 5.10 Å². The van der Waals surface area contributed by atoms with Gasteiger partial charge in [-0.15, -0.1) is 11.3 Å². The van der Waals surface area contributed by atoms with Crippen LogP contribution in [0.3, 0.4) is 0 Å². The molecule has 2 heterocycles. The van der Waals surface area contributed by atoms with Crippen molar-refractivity contribution in [3.8, 4) is 5.69 Å². The number of carbonyl (C=O) groups is 1. The molecule has 3 aromatic rings. The van der Waals surface area contributed by atoms with Gasteiger partial charge in [0.1, 0.15) is 18.0 Å². The lowest BCUT2D eigenvalue weighted by molar-refractivity contribution is 0.0475. The average molecular weight is 345 g/mol. The van der Waals surface area contributed by atoms with E-state index >= 15 is 0 Å². The molecule has 0 amide bonds. The van der Waals surface area contributed by atoms with Gasteiger partial charge >= 0.3 is 5.97 Å². The zero-order valence-electron chi connectivity index (χ0n) is 13.5. The summed E-state index contributed by atoms with van der Waals surface area (Å²) in [6.07, 6.45) is 1.46. The van der Waals surface area contributed by atoms with E-state index in [9.17, 15) is 9.18 Å². The number of aromatic nitrogens is 3. The lowest BCUT2D eigenvalue weighted by atomic mass is 10.2. The van der Waals surface area contributed by atoms with Crippen LogP contribution in [0.5, 0.6) is 0 Å². The molecule has 1 aromatic carbocycles.